The summed E-state index contributed by atoms with van der Waals surface area (Å²) in [6, 6.07) is 9.32. The van der Waals surface area contributed by atoms with E-state index in [1.807, 2.05) is 0 Å². The van der Waals surface area contributed by atoms with Gasteiger partial charge in [-0.15, -0.1) is 0 Å². The molecule has 1 amide bonds. The summed E-state index contributed by atoms with van der Waals surface area (Å²) < 4.78 is 44.7. The molecule has 1 fully saturated rings. The van der Waals surface area contributed by atoms with Gasteiger partial charge >= 0.3 is 0 Å². The largest absolute Gasteiger partial charge is 0.490 e. The average Bonchev–Trinajstić information content (AvgIpc) is 2.65. The zero-order chi connectivity index (χ0) is 18.5. The molecule has 0 atom stereocenters. The Bertz CT molecular complexity index is 797. The van der Waals surface area contributed by atoms with Crippen LogP contribution in [0.1, 0.15) is 18.4 Å². The number of likely N-dealkylation sites (tertiary alicyclic amines) is 1. The Labute approximate surface area is 149 Å². The third-order valence-corrected chi connectivity index (χ3v) is 4.24. The predicted octanol–water partition coefficient (Wildman–Crippen LogP) is 4.19. The van der Waals surface area contributed by atoms with Gasteiger partial charge in [-0.05, 0) is 35.9 Å². The molecule has 0 unspecified atom stereocenters. The third kappa shape index (κ3) is 4.65. The van der Waals surface area contributed by atoms with Gasteiger partial charge in [-0.3, -0.25) is 4.79 Å². The predicted molar refractivity (Wildman–Crippen MR) is 92.0 cm³/mol. The van der Waals surface area contributed by atoms with Gasteiger partial charge in [0.15, 0.2) is 11.6 Å². The van der Waals surface area contributed by atoms with Crippen LogP contribution in [0.2, 0.25) is 0 Å². The molecule has 6 heteroatoms. The molecule has 1 aliphatic rings. The van der Waals surface area contributed by atoms with Crippen molar-refractivity contribution in [1.82, 2.24) is 4.90 Å². The van der Waals surface area contributed by atoms with Gasteiger partial charge in [-0.25, -0.2) is 13.2 Å². The molecule has 2 aromatic rings. The van der Waals surface area contributed by atoms with Gasteiger partial charge in [0.05, 0.1) is 0 Å². The van der Waals surface area contributed by atoms with Crippen LogP contribution in [0.3, 0.4) is 0 Å². The molecule has 0 radical (unpaired) electrons. The highest BCUT2D eigenvalue weighted by Gasteiger charge is 2.23. The van der Waals surface area contributed by atoms with E-state index in [-0.39, 0.29) is 23.6 Å². The molecule has 0 N–H and O–H groups in total. The first-order chi connectivity index (χ1) is 12.5. The molecule has 0 bridgehead atoms. The number of piperidine rings is 1. The summed E-state index contributed by atoms with van der Waals surface area (Å²) >= 11 is 0. The summed E-state index contributed by atoms with van der Waals surface area (Å²) in [5.74, 6) is -2.02. The maximum atomic E-state index is 13.2. The van der Waals surface area contributed by atoms with E-state index in [4.69, 9.17) is 4.74 Å². The van der Waals surface area contributed by atoms with Crippen molar-refractivity contribution in [3.8, 4) is 5.75 Å². The van der Waals surface area contributed by atoms with Gasteiger partial charge in [0.1, 0.15) is 17.7 Å². The molecule has 0 saturated carbocycles. The van der Waals surface area contributed by atoms with Crippen LogP contribution in [0.5, 0.6) is 5.75 Å². The fourth-order valence-corrected chi connectivity index (χ4v) is 2.78. The molecular formula is C20H18F3NO2. The molecule has 3 nitrogen and oxygen atoms in total. The van der Waals surface area contributed by atoms with Crippen LogP contribution in [0, 0.1) is 17.5 Å². The van der Waals surface area contributed by atoms with E-state index in [9.17, 15) is 18.0 Å². The van der Waals surface area contributed by atoms with Crippen molar-refractivity contribution >= 4 is 12.0 Å². The number of ether oxygens (including phenoxy) is 1. The molecule has 3 rings (SSSR count). The van der Waals surface area contributed by atoms with Crippen LogP contribution in [0.15, 0.2) is 48.5 Å². The maximum Gasteiger partial charge on any atom is 0.246 e. The first-order valence-corrected chi connectivity index (χ1v) is 8.35. The van der Waals surface area contributed by atoms with Gasteiger partial charge < -0.3 is 9.64 Å². The monoisotopic (exact) mass is 361 g/mol. The Balaban J connectivity index is 1.50. The van der Waals surface area contributed by atoms with Gasteiger partial charge in [-0.2, -0.15) is 0 Å². The van der Waals surface area contributed by atoms with Crippen molar-refractivity contribution in [3.63, 3.8) is 0 Å². The van der Waals surface area contributed by atoms with Gasteiger partial charge in [0.2, 0.25) is 5.91 Å². The molecule has 0 aliphatic carbocycles. The van der Waals surface area contributed by atoms with E-state index in [1.54, 1.807) is 23.1 Å². The van der Waals surface area contributed by atoms with Crippen molar-refractivity contribution in [2.75, 3.05) is 13.1 Å². The minimum atomic E-state index is -0.943. The molecule has 0 spiro atoms. The zero-order valence-electron chi connectivity index (χ0n) is 14.0. The van der Waals surface area contributed by atoms with Gasteiger partial charge in [0, 0.05) is 38.1 Å². The summed E-state index contributed by atoms with van der Waals surface area (Å²) in [5.41, 5.74) is 0.747. The highest BCUT2D eigenvalue weighted by atomic mass is 19.2. The van der Waals surface area contributed by atoms with Crippen LogP contribution >= 0.6 is 0 Å². The number of hydrogen-bond donors (Lipinski definition) is 0. The number of hydrogen-bond acceptors (Lipinski definition) is 2. The van der Waals surface area contributed by atoms with Crippen LogP contribution < -0.4 is 4.74 Å². The SMILES string of the molecule is O=C(/C=C/c1ccc(F)cc1)N1CCC(Oc2ccc(F)c(F)c2)CC1. The number of carbonyl (C=O) groups excluding carboxylic acids is 1. The van der Waals surface area contributed by atoms with Gasteiger partial charge in [-0.1, -0.05) is 12.1 Å². The van der Waals surface area contributed by atoms with E-state index >= 15 is 0 Å². The lowest BCUT2D eigenvalue weighted by atomic mass is 10.1. The fraction of sp³-hybridized carbons (Fsp3) is 0.250. The summed E-state index contributed by atoms with van der Waals surface area (Å²) in [5, 5.41) is 0. The summed E-state index contributed by atoms with van der Waals surface area (Å²) in [4.78, 5) is 13.9. The van der Waals surface area contributed by atoms with E-state index in [0.29, 0.717) is 25.9 Å². The van der Waals surface area contributed by atoms with E-state index in [0.717, 1.165) is 17.7 Å². The lowest BCUT2D eigenvalue weighted by Gasteiger charge is -2.31. The third-order valence-electron chi connectivity index (χ3n) is 4.24. The standard InChI is InChI=1S/C20H18F3NO2/c21-15-4-1-14(2-5-15)3-8-20(25)24-11-9-16(10-12-24)26-17-6-7-18(22)19(23)13-17/h1-8,13,16H,9-12H2/b8-3+. The molecule has 0 aromatic heterocycles. The zero-order valence-corrected chi connectivity index (χ0v) is 14.0. The average molecular weight is 361 g/mol. The van der Waals surface area contributed by atoms with Crippen LogP contribution in [-0.2, 0) is 4.79 Å². The topological polar surface area (TPSA) is 29.5 Å². The first kappa shape index (κ1) is 18.0. The van der Waals surface area contributed by atoms with Crippen molar-refractivity contribution < 1.29 is 22.7 Å². The van der Waals surface area contributed by atoms with Crippen LogP contribution in [0.25, 0.3) is 6.08 Å². The van der Waals surface area contributed by atoms with Crippen LogP contribution in [0.4, 0.5) is 13.2 Å². The fourth-order valence-electron chi connectivity index (χ4n) is 2.78. The summed E-state index contributed by atoms with van der Waals surface area (Å²) in [6.45, 7) is 1.03. The Morgan fingerprint density at radius 2 is 1.69 bits per heavy atom. The number of benzene rings is 2. The summed E-state index contributed by atoms with van der Waals surface area (Å²) in [6.07, 6.45) is 4.17. The highest BCUT2D eigenvalue weighted by molar-refractivity contribution is 5.91. The Morgan fingerprint density at radius 3 is 2.35 bits per heavy atom. The number of nitrogens with zero attached hydrogens (tertiary/aromatic N) is 1. The molecule has 1 saturated heterocycles. The second-order valence-corrected chi connectivity index (χ2v) is 6.10. The number of halogens is 3. The van der Waals surface area contributed by atoms with Crippen molar-refractivity contribution in [2.24, 2.45) is 0 Å². The van der Waals surface area contributed by atoms with Crippen molar-refractivity contribution in [3.05, 3.63) is 71.6 Å². The lowest BCUT2D eigenvalue weighted by Crippen LogP contribution is -2.41. The number of carbonyl (C=O) groups is 1. The quantitative estimate of drug-likeness (QED) is 0.765. The first-order valence-electron chi connectivity index (χ1n) is 8.35. The highest BCUT2D eigenvalue weighted by Crippen LogP contribution is 2.21. The molecular weight excluding hydrogens is 343 g/mol. The second kappa shape index (κ2) is 8.08. The van der Waals surface area contributed by atoms with E-state index < -0.39 is 11.6 Å². The Morgan fingerprint density at radius 1 is 1.00 bits per heavy atom. The molecule has 1 heterocycles. The molecule has 136 valence electrons. The normalized spacial score (nSPS) is 15.4. The Kier molecular flexibility index (Phi) is 5.61. The maximum absolute atomic E-state index is 13.2. The van der Waals surface area contributed by atoms with Crippen molar-refractivity contribution in [2.45, 2.75) is 18.9 Å². The minimum Gasteiger partial charge on any atom is -0.490 e. The van der Waals surface area contributed by atoms with Crippen LogP contribution in [-0.4, -0.2) is 30.0 Å². The lowest BCUT2D eigenvalue weighted by molar-refractivity contribution is -0.127. The molecule has 1 aliphatic heterocycles. The Hall–Kier alpha value is -2.76. The number of rotatable bonds is 4. The molecule has 2 aromatic carbocycles. The smallest absolute Gasteiger partial charge is 0.246 e. The van der Waals surface area contributed by atoms with Crippen molar-refractivity contribution in [1.29, 1.82) is 0 Å². The minimum absolute atomic E-state index is 0.124. The van der Waals surface area contributed by atoms with E-state index in [2.05, 4.69) is 0 Å². The number of amides is 1. The summed E-state index contributed by atoms with van der Waals surface area (Å²) in [7, 11) is 0. The molecule has 26 heavy (non-hydrogen) atoms. The van der Waals surface area contributed by atoms with E-state index in [1.165, 1.54) is 24.3 Å². The van der Waals surface area contributed by atoms with Gasteiger partial charge in [0.25, 0.3) is 0 Å². The second-order valence-electron chi connectivity index (χ2n) is 6.10.